The fourth-order valence-electron chi connectivity index (χ4n) is 3.75. The summed E-state index contributed by atoms with van der Waals surface area (Å²) in [5.41, 5.74) is -0.829. The van der Waals surface area contributed by atoms with E-state index in [9.17, 15) is 18.8 Å². The highest BCUT2D eigenvalue weighted by Gasteiger charge is 2.49. The largest absolute Gasteiger partial charge is 0.352 e. The van der Waals surface area contributed by atoms with Gasteiger partial charge in [-0.2, -0.15) is 0 Å². The van der Waals surface area contributed by atoms with E-state index in [0.29, 0.717) is 11.5 Å². The van der Waals surface area contributed by atoms with Crippen molar-refractivity contribution < 1.29 is 18.8 Å². The Balaban J connectivity index is 1.68. The van der Waals surface area contributed by atoms with Gasteiger partial charge in [0.2, 0.25) is 5.91 Å². The number of nitrogens with one attached hydrogen (secondary N) is 2. The molecule has 2 N–H and O–H groups in total. The molecule has 1 saturated carbocycles. The monoisotopic (exact) mass is 361 g/mol. The standard InChI is InChI=1S/C19H24FN3O3/c1-12-5-3-4-6-15(12)21-16(24)11-23-17(25)19(2,22-18(23)26)13-7-9-14(20)10-8-13/h7-10,12,15H,3-6,11H2,1-2H3,(H,21,24)(H,22,26). The van der Waals surface area contributed by atoms with Gasteiger partial charge in [-0.15, -0.1) is 0 Å². The van der Waals surface area contributed by atoms with Gasteiger partial charge >= 0.3 is 6.03 Å². The minimum absolute atomic E-state index is 0.0838. The Morgan fingerprint density at radius 1 is 1.27 bits per heavy atom. The lowest BCUT2D eigenvalue weighted by Crippen LogP contribution is -2.47. The lowest BCUT2D eigenvalue weighted by molar-refractivity contribution is -0.135. The molecule has 140 valence electrons. The van der Waals surface area contributed by atoms with Crippen molar-refractivity contribution in [3.8, 4) is 0 Å². The zero-order valence-corrected chi connectivity index (χ0v) is 15.0. The van der Waals surface area contributed by atoms with E-state index in [-0.39, 0.29) is 18.5 Å². The highest BCUT2D eigenvalue weighted by Crippen LogP contribution is 2.29. The second kappa shape index (κ2) is 7.05. The maximum absolute atomic E-state index is 13.1. The average molecular weight is 361 g/mol. The van der Waals surface area contributed by atoms with Crippen molar-refractivity contribution in [2.75, 3.05) is 6.54 Å². The zero-order chi connectivity index (χ0) is 18.9. The topological polar surface area (TPSA) is 78.5 Å². The van der Waals surface area contributed by atoms with E-state index in [0.717, 1.165) is 30.6 Å². The van der Waals surface area contributed by atoms with E-state index in [1.54, 1.807) is 6.92 Å². The van der Waals surface area contributed by atoms with Gasteiger partial charge in [-0.25, -0.2) is 9.18 Å². The van der Waals surface area contributed by atoms with Gasteiger partial charge in [0, 0.05) is 6.04 Å². The first-order valence-corrected chi connectivity index (χ1v) is 9.01. The summed E-state index contributed by atoms with van der Waals surface area (Å²) in [7, 11) is 0. The first kappa shape index (κ1) is 18.4. The minimum atomic E-state index is -1.30. The highest BCUT2D eigenvalue weighted by molar-refractivity contribution is 6.09. The van der Waals surface area contributed by atoms with Gasteiger partial charge in [-0.3, -0.25) is 14.5 Å². The Morgan fingerprint density at radius 3 is 2.58 bits per heavy atom. The minimum Gasteiger partial charge on any atom is -0.352 e. The SMILES string of the molecule is CC1CCCCC1NC(=O)CN1C(=O)NC(C)(c2ccc(F)cc2)C1=O. The summed E-state index contributed by atoms with van der Waals surface area (Å²) < 4.78 is 13.1. The molecule has 1 aliphatic carbocycles. The molecule has 0 bridgehead atoms. The molecule has 1 saturated heterocycles. The Morgan fingerprint density at radius 2 is 1.92 bits per heavy atom. The molecule has 1 aromatic rings. The van der Waals surface area contributed by atoms with Crippen LogP contribution < -0.4 is 10.6 Å². The van der Waals surface area contributed by atoms with Crippen LogP contribution in [0.3, 0.4) is 0 Å². The summed E-state index contributed by atoms with van der Waals surface area (Å²) in [6.45, 7) is 3.34. The maximum atomic E-state index is 13.1. The third-order valence-electron chi connectivity index (χ3n) is 5.46. The number of carbonyl (C=O) groups is 3. The molecule has 3 atom stereocenters. The second-order valence-corrected chi connectivity index (χ2v) is 7.39. The molecule has 7 heteroatoms. The number of hydrogen-bond acceptors (Lipinski definition) is 3. The Hall–Kier alpha value is -2.44. The maximum Gasteiger partial charge on any atom is 0.325 e. The van der Waals surface area contributed by atoms with Gasteiger partial charge in [-0.1, -0.05) is 31.9 Å². The molecule has 0 radical (unpaired) electrons. The number of amides is 4. The predicted molar refractivity (Wildman–Crippen MR) is 93.6 cm³/mol. The molecule has 0 spiro atoms. The third-order valence-corrected chi connectivity index (χ3v) is 5.46. The van der Waals surface area contributed by atoms with Crippen molar-refractivity contribution in [1.29, 1.82) is 0 Å². The Labute approximate surface area is 152 Å². The van der Waals surface area contributed by atoms with Crippen LogP contribution in [0.1, 0.15) is 45.1 Å². The summed E-state index contributed by atoms with van der Waals surface area (Å²) in [5, 5.41) is 5.57. The molecule has 3 unspecified atom stereocenters. The lowest BCUT2D eigenvalue weighted by atomic mass is 9.86. The van der Waals surface area contributed by atoms with Crippen LogP contribution in [0.2, 0.25) is 0 Å². The number of nitrogens with zero attached hydrogens (tertiary/aromatic N) is 1. The van der Waals surface area contributed by atoms with Crippen LogP contribution in [0.4, 0.5) is 9.18 Å². The van der Waals surface area contributed by atoms with Crippen LogP contribution in [-0.2, 0) is 15.1 Å². The summed E-state index contributed by atoms with van der Waals surface area (Å²) >= 11 is 0. The number of urea groups is 1. The smallest absolute Gasteiger partial charge is 0.325 e. The van der Waals surface area contributed by atoms with E-state index < -0.39 is 23.3 Å². The van der Waals surface area contributed by atoms with Crippen LogP contribution in [0.15, 0.2) is 24.3 Å². The summed E-state index contributed by atoms with van der Waals surface area (Å²) in [6.07, 6.45) is 4.22. The predicted octanol–water partition coefficient (Wildman–Crippen LogP) is 2.29. The summed E-state index contributed by atoms with van der Waals surface area (Å²) in [5.74, 6) is -0.885. The summed E-state index contributed by atoms with van der Waals surface area (Å²) in [4.78, 5) is 38.3. The quantitative estimate of drug-likeness (QED) is 0.808. The lowest BCUT2D eigenvalue weighted by Gasteiger charge is -2.30. The van der Waals surface area contributed by atoms with Crippen molar-refractivity contribution in [2.24, 2.45) is 5.92 Å². The Bertz CT molecular complexity index is 721. The molecule has 4 amide bonds. The van der Waals surface area contributed by atoms with E-state index in [1.807, 2.05) is 0 Å². The highest BCUT2D eigenvalue weighted by atomic mass is 19.1. The molecular weight excluding hydrogens is 337 g/mol. The molecule has 0 aromatic heterocycles. The van der Waals surface area contributed by atoms with Crippen molar-refractivity contribution in [3.05, 3.63) is 35.6 Å². The van der Waals surface area contributed by atoms with Crippen LogP contribution in [0.25, 0.3) is 0 Å². The molecule has 3 rings (SSSR count). The molecule has 26 heavy (non-hydrogen) atoms. The number of imide groups is 1. The van der Waals surface area contributed by atoms with E-state index in [4.69, 9.17) is 0 Å². The third kappa shape index (κ3) is 3.43. The van der Waals surface area contributed by atoms with Gasteiger partial charge in [0.1, 0.15) is 17.9 Å². The Kier molecular flexibility index (Phi) is 4.98. The van der Waals surface area contributed by atoms with Gasteiger partial charge in [0.25, 0.3) is 5.91 Å². The van der Waals surface area contributed by atoms with Crippen molar-refractivity contribution >= 4 is 17.8 Å². The van der Waals surface area contributed by atoms with Crippen LogP contribution in [0, 0.1) is 11.7 Å². The fraction of sp³-hybridized carbons (Fsp3) is 0.526. The van der Waals surface area contributed by atoms with Gasteiger partial charge < -0.3 is 10.6 Å². The van der Waals surface area contributed by atoms with Crippen molar-refractivity contribution in [1.82, 2.24) is 15.5 Å². The second-order valence-electron chi connectivity index (χ2n) is 7.39. The molecule has 6 nitrogen and oxygen atoms in total. The van der Waals surface area contributed by atoms with Crippen molar-refractivity contribution in [2.45, 2.75) is 51.1 Å². The van der Waals surface area contributed by atoms with Gasteiger partial charge in [0.05, 0.1) is 0 Å². The first-order valence-electron chi connectivity index (χ1n) is 9.01. The van der Waals surface area contributed by atoms with Gasteiger partial charge in [-0.05, 0) is 43.4 Å². The normalized spacial score (nSPS) is 28.8. The molecule has 1 aliphatic heterocycles. The van der Waals surface area contributed by atoms with Crippen LogP contribution >= 0.6 is 0 Å². The van der Waals surface area contributed by atoms with E-state index in [2.05, 4.69) is 17.6 Å². The molecule has 1 heterocycles. The van der Waals surface area contributed by atoms with Crippen LogP contribution in [-0.4, -0.2) is 35.3 Å². The number of carbonyl (C=O) groups excluding carboxylic acids is 3. The van der Waals surface area contributed by atoms with Crippen LogP contribution in [0.5, 0.6) is 0 Å². The van der Waals surface area contributed by atoms with E-state index >= 15 is 0 Å². The zero-order valence-electron chi connectivity index (χ0n) is 15.0. The fourth-order valence-corrected chi connectivity index (χ4v) is 3.75. The average Bonchev–Trinajstić information content (AvgIpc) is 2.82. The molecule has 2 aliphatic rings. The summed E-state index contributed by atoms with van der Waals surface area (Å²) in [6, 6.07) is 4.86. The first-order chi connectivity index (χ1) is 12.3. The van der Waals surface area contributed by atoms with Gasteiger partial charge in [0.15, 0.2) is 0 Å². The molecular formula is C19H24FN3O3. The molecule has 2 fully saturated rings. The number of benzene rings is 1. The number of halogens is 1. The molecule has 1 aromatic carbocycles. The number of rotatable bonds is 4. The van der Waals surface area contributed by atoms with E-state index in [1.165, 1.54) is 24.3 Å². The number of hydrogen-bond donors (Lipinski definition) is 2. The van der Waals surface area contributed by atoms with Crippen molar-refractivity contribution in [3.63, 3.8) is 0 Å².